The molecular formula is C15H21ClF2N2O. The minimum Gasteiger partial charge on any atom is -0.339 e. The molecule has 0 spiro atoms. The quantitative estimate of drug-likeness (QED) is 0.931. The molecule has 0 aliphatic heterocycles. The van der Waals surface area contributed by atoms with Crippen LogP contribution in [0.15, 0.2) is 18.2 Å². The highest BCUT2D eigenvalue weighted by atomic mass is 35.5. The first-order valence-corrected chi connectivity index (χ1v) is 6.87. The fourth-order valence-electron chi connectivity index (χ4n) is 2.76. The summed E-state index contributed by atoms with van der Waals surface area (Å²) in [7, 11) is 1.63. The van der Waals surface area contributed by atoms with Crippen LogP contribution >= 0.6 is 12.4 Å². The van der Waals surface area contributed by atoms with Gasteiger partial charge in [0.2, 0.25) is 5.91 Å². The second-order valence-electron chi connectivity index (χ2n) is 5.56. The monoisotopic (exact) mass is 318 g/mol. The van der Waals surface area contributed by atoms with E-state index in [-0.39, 0.29) is 35.8 Å². The molecule has 1 aromatic rings. The number of carbonyl (C=O) groups excluding carboxylic acids is 1. The first kappa shape index (κ1) is 17.9. The number of rotatable bonds is 3. The van der Waals surface area contributed by atoms with Gasteiger partial charge in [0.15, 0.2) is 0 Å². The number of hydrogen-bond acceptors (Lipinski definition) is 2. The molecule has 21 heavy (non-hydrogen) atoms. The van der Waals surface area contributed by atoms with Crippen LogP contribution in [-0.2, 0) is 4.79 Å². The van der Waals surface area contributed by atoms with E-state index in [4.69, 9.17) is 5.73 Å². The Morgan fingerprint density at radius 3 is 2.62 bits per heavy atom. The van der Waals surface area contributed by atoms with Gasteiger partial charge in [0, 0.05) is 24.6 Å². The molecule has 0 heterocycles. The molecule has 3 nitrogen and oxygen atoms in total. The van der Waals surface area contributed by atoms with Crippen LogP contribution in [0.5, 0.6) is 0 Å². The summed E-state index contributed by atoms with van der Waals surface area (Å²) in [5.74, 6) is -1.15. The van der Waals surface area contributed by atoms with Crippen molar-refractivity contribution in [2.45, 2.75) is 38.3 Å². The third-order valence-electron chi connectivity index (χ3n) is 4.16. The minimum atomic E-state index is -0.505. The van der Waals surface area contributed by atoms with E-state index in [1.54, 1.807) is 14.0 Å². The SMILES string of the molecule is CC(c1cc(F)ccc1F)N(C)C(=O)C1CCC(N)C1.Cl. The summed E-state index contributed by atoms with van der Waals surface area (Å²) in [6.45, 7) is 1.70. The zero-order chi connectivity index (χ0) is 14.9. The summed E-state index contributed by atoms with van der Waals surface area (Å²) in [5.41, 5.74) is 6.01. The molecule has 1 aliphatic rings. The molecule has 118 valence electrons. The molecule has 0 bridgehead atoms. The Balaban J connectivity index is 0.00000220. The molecule has 1 saturated carbocycles. The molecule has 2 N–H and O–H groups in total. The van der Waals surface area contributed by atoms with Crippen LogP contribution in [0.2, 0.25) is 0 Å². The molecule has 1 aromatic carbocycles. The van der Waals surface area contributed by atoms with Crippen molar-refractivity contribution in [2.75, 3.05) is 7.05 Å². The van der Waals surface area contributed by atoms with Crippen molar-refractivity contribution < 1.29 is 13.6 Å². The molecule has 0 aromatic heterocycles. The molecule has 3 unspecified atom stereocenters. The van der Waals surface area contributed by atoms with Crippen molar-refractivity contribution in [1.82, 2.24) is 4.90 Å². The van der Waals surface area contributed by atoms with Crippen LogP contribution in [0.25, 0.3) is 0 Å². The zero-order valence-corrected chi connectivity index (χ0v) is 13.0. The van der Waals surface area contributed by atoms with Crippen LogP contribution < -0.4 is 5.73 Å². The normalized spacial score (nSPS) is 22.5. The summed E-state index contributed by atoms with van der Waals surface area (Å²) in [6, 6.07) is 2.87. The highest BCUT2D eigenvalue weighted by Gasteiger charge is 2.32. The van der Waals surface area contributed by atoms with E-state index in [0.29, 0.717) is 6.42 Å². The van der Waals surface area contributed by atoms with Crippen molar-refractivity contribution in [3.8, 4) is 0 Å². The number of nitrogens with zero attached hydrogens (tertiary/aromatic N) is 1. The Hall–Kier alpha value is -1.20. The van der Waals surface area contributed by atoms with Gasteiger partial charge in [-0.25, -0.2) is 8.78 Å². The Morgan fingerprint density at radius 1 is 1.38 bits per heavy atom. The molecule has 1 fully saturated rings. The lowest BCUT2D eigenvalue weighted by Gasteiger charge is -2.28. The smallest absolute Gasteiger partial charge is 0.225 e. The lowest BCUT2D eigenvalue weighted by Crippen LogP contribution is -2.35. The Kier molecular flexibility index (Phi) is 6.10. The predicted octanol–water partition coefficient (Wildman–Crippen LogP) is 3.03. The Bertz CT molecular complexity index is 512. The molecule has 6 heteroatoms. The van der Waals surface area contributed by atoms with Gasteiger partial charge in [-0.1, -0.05) is 0 Å². The summed E-state index contributed by atoms with van der Waals surface area (Å²) in [4.78, 5) is 13.8. The molecule has 1 aliphatic carbocycles. The van der Waals surface area contributed by atoms with Crippen molar-refractivity contribution >= 4 is 18.3 Å². The number of amides is 1. The van der Waals surface area contributed by atoms with E-state index >= 15 is 0 Å². The molecule has 1 amide bonds. The number of hydrogen-bond donors (Lipinski definition) is 1. The van der Waals surface area contributed by atoms with E-state index in [1.165, 1.54) is 4.90 Å². The zero-order valence-electron chi connectivity index (χ0n) is 12.2. The highest BCUT2D eigenvalue weighted by Crippen LogP contribution is 2.30. The summed E-state index contributed by atoms with van der Waals surface area (Å²) in [6.07, 6.45) is 2.27. The predicted molar refractivity (Wildman–Crippen MR) is 80.1 cm³/mol. The van der Waals surface area contributed by atoms with Crippen molar-refractivity contribution in [3.05, 3.63) is 35.4 Å². The minimum absolute atomic E-state index is 0. The van der Waals surface area contributed by atoms with E-state index in [1.807, 2.05) is 0 Å². The fraction of sp³-hybridized carbons (Fsp3) is 0.533. The van der Waals surface area contributed by atoms with Crippen molar-refractivity contribution in [2.24, 2.45) is 11.7 Å². The van der Waals surface area contributed by atoms with E-state index < -0.39 is 17.7 Å². The number of nitrogens with two attached hydrogens (primary N) is 1. The van der Waals surface area contributed by atoms with Gasteiger partial charge in [0.1, 0.15) is 11.6 Å². The van der Waals surface area contributed by atoms with Crippen molar-refractivity contribution in [1.29, 1.82) is 0 Å². The van der Waals surface area contributed by atoms with Gasteiger partial charge in [-0.05, 0) is 44.4 Å². The Morgan fingerprint density at radius 2 is 2.05 bits per heavy atom. The fourth-order valence-corrected chi connectivity index (χ4v) is 2.76. The maximum absolute atomic E-state index is 13.8. The average molecular weight is 319 g/mol. The van der Waals surface area contributed by atoms with E-state index in [0.717, 1.165) is 31.0 Å². The highest BCUT2D eigenvalue weighted by molar-refractivity contribution is 5.85. The van der Waals surface area contributed by atoms with E-state index in [2.05, 4.69) is 0 Å². The van der Waals surface area contributed by atoms with Gasteiger partial charge >= 0.3 is 0 Å². The van der Waals surface area contributed by atoms with Gasteiger partial charge in [0.05, 0.1) is 6.04 Å². The summed E-state index contributed by atoms with van der Waals surface area (Å²) < 4.78 is 27.0. The second-order valence-corrected chi connectivity index (χ2v) is 5.56. The van der Waals surface area contributed by atoms with Gasteiger partial charge < -0.3 is 10.6 Å². The van der Waals surface area contributed by atoms with Crippen LogP contribution in [0.3, 0.4) is 0 Å². The van der Waals surface area contributed by atoms with Gasteiger partial charge in [0.25, 0.3) is 0 Å². The third kappa shape index (κ3) is 3.92. The van der Waals surface area contributed by atoms with Crippen molar-refractivity contribution in [3.63, 3.8) is 0 Å². The topological polar surface area (TPSA) is 46.3 Å². The lowest BCUT2D eigenvalue weighted by atomic mass is 10.0. The first-order chi connectivity index (χ1) is 9.40. The lowest BCUT2D eigenvalue weighted by molar-refractivity contribution is -0.136. The van der Waals surface area contributed by atoms with E-state index in [9.17, 15) is 13.6 Å². The maximum atomic E-state index is 13.8. The molecule has 3 atom stereocenters. The summed E-state index contributed by atoms with van der Waals surface area (Å²) in [5, 5.41) is 0. The number of benzene rings is 1. The van der Waals surface area contributed by atoms with Crippen LogP contribution in [0.1, 0.15) is 37.8 Å². The van der Waals surface area contributed by atoms with Gasteiger partial charge in [-0.15, -0.1) is 12.4 Å². The average Bonchev–Trinajstić information content (AvgIpc) is 2.85. The maximum Gasteiger partial charge on any atom is 0.225 e. The summed E-state index contributed by atoms with van der Waals surface area (Å²) >= 11 is 0. The molecule has 0 radical (unpaired) electrons. The first-order valence-electron chi connectivity index (χ1n) is 6.87. The van der Waals surface area contributed by atoms with Crippen LogP contribution in [0, 0.1) is 17.6 Å². The largest absolute Gasteiger partial charge is 0.339 e. The standard InChI is InChI=1S/C15H20F2N2O.ClH/c1-9(13-8-11(16)4-6-14(13)17)19(2)15(20)10-3-5-12(18)7-10;/h4,6,8-10,12H,3,5,7,18H2,1-2H3;1H. The third-order valence-corrected chi connectivity index (χ3v) is 4.16. The van der Waals surface area contributed by atoms with Gasteiger partial charge in [-0.2, -0.15) is 0 Å². The molecule has 0 saturated heterocycles. The number of halogens is 3. The Labute approximate surface area is 129 Å². The van der Waals surface area contributed by atoms with Crippen LogP contribution in [-0.4, -0.2) is 23.9 Å². The molecular weight excluding hydrogens is 298 g/mol. The van der Waals surface area contributed by atoms with Gasteiger partial charge in [-0.3, -0.25) is 4.79 Å². The molecule has 2 rings (SSSR count). The second kappa shape index (κ2) is 7.18. The van der Waals surface area contributed by atoms with Crippen LogP contribution in [0.4, 0.5) is 8.78 Å². The number of carbonyl (C=O) groups is 1.